The van der Waals surface area contributed by atoms with Crippen LogP contribution < -0.4 is 5.32 Å². The van der Waals surface area contributed by atoms with Crippen molar-refractivity contribution in [1.82, 2.24) is 10.3 Å². The molecule has 1 aliphatic carbocycles. The summed E-state index contributed by atoms with van der Waals surface area (Å²) >= 11 is 1.66. The van der Waals surface area contributed by atoms with Gasteiger partial charge < -0.3 is 19.2 Å². The lowest BCUT2D eigenvalue weighted by molar-refractivity contribution is -0.177. The SMILES string of the molecule is CNC1CCC2(CC1Sc1ncco1)OCCO2. The Hall–Kier alpha value is -0.560. The number of nitrogens with zero attached hydrogens (tertiary/aromatic N) is 1. The van der Waals surface area contributed by atoms with Gasteiger partial charge in [-0.1, -0.05) is 11.8 Å². The van der Waals surface area contributed by atoms with E-state index < -0.39 is 0 Å². The van der Waals surface area contributed by atoms with Gasteiger partial charge in [-0.3, -0.25) is 0 Å². The molecule has 1 spiro atoms. The third-order valence-corrected chi connectivity index (χ3v) is 4.84. The van der Waals surface area contributed by atoms with E-state index in [-0.39, 0.29) is 5.79 Å². The number of ether oxygens (including phenoxy) is 2. The fourth-order valence-corrected chi connectivity index (χ4v) is 3.99. The maximum Gasteiger partial charge on any atom is 0.255 e. The van der Waals surface area contributed by atoms with Gasteiger partial charge in [-0.05, 0) is 13.5 Å². The number of hydrogen-bond donors (Lipinski definition) is 1. The zero-order valence-corrected chi connectivity index (χ0v) is 11.2. The molecule has 1 aromatic heterocycles. The molecule has 5 nitrogen and oxygen atoms in total. The molecule has 0 aromatic carbocycles. The summed E-state index contributed by atoms with van der Waals surface area (Å²) in [5.74, 6) is -0.363. The second-order valence-corrected chi connectivity index (χ2v) is 5.89. The van der Waals surface area contributed by atoms with E-state index in [1.54, 1.807) is 24.2 Å². The first kappa shape index (κ1) is 12.5. The van der Waals surface area contributed by atoms with Crippen LogP contribution in [-0.4, -0.2) is 42.3 Å². The highest BCUT2D eigenvalue weighted by molar-refractivity contribution is 7.99. The van der Waals surface area contributed by atoms with Crippen LogP contribution in [0, 0.1) is 0 Å². The van der Waals surface area contributed by atoms with Crippen LogP contribution in [0.1, 0.15) is 19.3 Å². The molecule has 1 N–H and O–H groups in total. The predicted molar refractivity (Wildman–Crippen MR) is 67.5 cm³/mol. The van der Waals surface area contributed by atoms with E-state index in [4.69, 9.17) is 13.9 Å². The van der Waals surface area contributed by atoms with Gasteiger partial charge in [0, 0.05) is 24.1 Å². The summed E-state index contributed by atoms with van der Waals surface area (Å²) in [5, 5.41) is 4.45. The molecule has 1 saturated heterocycles. The summed E-state index contributed by atoms with van der Waals surface area (Å²) < 4.78 is 16.9. The van der Waals surface area contributed by atoms with Crippen LogP contribution in [0.25, 0.3) is 0 Å². The molecule has 2 fully saturated rings. The lowest BCUT2D eigenvalue weighted by Crippen LogP contribution is -2.48. The highest BCUT2D eigenvalue weighted by atomic mass is 32.2. The van der Waals surface area contributed by atoms with E-state index in [0.29, 0.717) is 24.5 Å². The molecule has 100 valence electrons. The standard InChI is InChI=1S/C12H18N2O3S/c1-13-9-2-3-12(16-6-7-17-12)8-10(9)18-11-14-4-5-15-11/h4-5,9-10,13H,2-3,6-8H2,1H3. The number of thioether (sulfide) groups is 1. The van der Waals surface area contributed by atoms with Gasteiger partial charge in [0.15, 0.2) is 5.79 Å². The van der Waals surface area contributed by atoms with Crippen LogP contribution in [0.2, 0.25) is 0 Å². The molecule has 2 heterocycles. The molecule has 1 aromatic rings. The Balaban J connectivity index is 1.71. The minimum atomic E-state index is -0.363. The highest BCUT2D eigenvalue weighted by Gasteiger charge is 2.45. The lowest BCUT2D eigenvalue weighted by Gasteiger charge is -2.40. The number of aromatic nitrogens is 1. The largest absolute Gasteiger partial charge is 0.440 e. The summed E-state index contributed by atoms with van der Waals surface area (Å²) in [4.78, 5) is 4.18. The van der Waals surface area contributed by atoms with Crippen LogP contribution in [0.4, 0.5) is 0 Å². The second kappa shape index (κ2) is 5.21. The van der Waals surface area contributed by atoms with Crippen molar-refractivity contribution in [3.05, 3.63) is 12.5 Å². The fourth-order valence-electron chi connectivity index (χ4n) is 2.72. The summed E-state index contributed by atoms with van der Waals surface area (Å²) in [7, 11) is 2.00. The van der Waals surface area contributed by atoms with Gasteiger partial charge in [-0.25, -0.2) is 4.98 Å². The molecule has 0 radical (unpaired) electrons. The molecular formula is C12H18N2O3S. The quantitative estimate of drug-likeness (QED) is 0.901. The Bertz CT molecular complexity index is 379. The Morgan fingerprint density at radius 2 is 2.28 bits per heavy atom. The van der Waals surface area contributed by atoms with E-state index in [2.05, 4.69) is 10.3 Å². The fraction of sp³-hybridized carbons (Fsp3) is 0.750. The monoisotopic (exact) mass is 270 g/mol. The van der Waals surface area contributed by atoms with Gasteiger partial charge >= 0.3 is 0 Å². The van der Waals surface area contributed by atoms with Gasteiger partial charge in [0.2, 0.25) is 0 Å². The summed E-state index contributed by atoms with van der Waals surface area (Å²) in [5.41, 5.74) is 0. The topological polar surface area (TPSA) is 56.5 Å². The van der Waals surface area contributed by atoms with Crippen LogP contribution in [0.5, 0.6) is 0 Å². The van der Waals surface area contributed by atoms with E-state index in [1.165, 1.54) is 0 Å². The van der Waals surface area contributed by atoms with Crippen molar-refractivity contribution in [1.29, 1.82) is 0 Å². The van der Waals surface area contributed by atoms with E-state index in [9.17, 15) is 0 Å². The predicted octanol–water partition coefficient (Wildman–Crippen LogP) is 1.65. The molecule has 18 heavy (non-hydrogen) atoms. The maximum atomic E-state index is 5.81. The Morgan fingerprint density at radius 3 is 2.94 bits per heavy atom. The van der Waals surface area contributed by atoms with E-state index in [1.807, 2.05) is 7.05 Å². The second-order valence-electron chi connectivity index (χ2n) is 4.70. The van der Waals surface area contributed by atoms with Gasteiger partial charge in [-0.2, -0.15) is 0 Å². The molecule has 2 aliphatic rings. The number of rotatable bonds is 3. The normalized spacial score (nSPS) is 30.9. The van der Waals surface area contributed by atoms with Crippen LogP contribution in [0.3, 0.4) is 0 Å². The van der Waals surface area contributed by atoms with Crippen molar-refractivity contribution in [2.75, 3.05) is 20.3 Å². The first-order valence-electron chi connectivity index (χ1n) is 6.33. The van der Waals surface area contributed by atoms with Crippen molar-refractivity contribution in [2.24, 2.45) is 0 Å². The van der Waals surface area contributed by atoms with Gasteiger partial charge in [0.1, 0.15) is 6.26 Å². The lowest BCUT2D eigenvalue weighted by atomic mass is 9.89. The zero-order chi connectivity index (χ0) is 12.4. The van der Waals surface area contributed by atoms with Crippen LogP contribution in [-0.2, 0) is 9.47 Å². The Morgan fingerprint density at radius 1 is 1.44 bits per heavy atom. The molecule has 3 rings (SSSR count). The molecule has 1 aliphatic heterocycles. The first-order chi connectivity index (χ1) is 8.81. The van der Waals surface area contributed by atoms with Crippen molar-refractivity contribution in [3.63, 3.8) is 0 Å². The minimum absolute atomic E-state index is 0.362. The number of nitrogens with one attached hydrogen (secondary N) is 1. The van der Waals surface area contributed by atoms with E-state index in [0.717, 1.165) is 24.5 Å². The molecule has 0 amide bonds. The minimum Gasteiger partial charge on any atom is -0.440 e. The average Bonchev–Trinajstić information content (AvgIpc) is 3.02. The number of oxazole rings is 1. The molecule has 2 unspecified atom stereocenters. The van der Waals surface area contributed by atoms with Gasteiger partial charge in [0.25, 0.3) is 5.22 Å². The maximum absolute atomic E-state index is 5.81. The smallest absolute Gasteiger partial charge is 0.255 e. The third-order valence-electron chi connectivity index (χ3n) is 3.64. The number of hydrogen-bond acceptors (Lipinski definition) is 6. The van der Waals surface area contributed by atoms with Gasteiger partial charge in [0.05, 0.1) is 19.4 Å². The van der Waals surface area contributed by atoms with Crippen molar-refractivity contribution >= 4 is 11.8 Å². The first-order valence-corrected chi connectivity index (χ1v) is 7.21. The van der Waals surface area contributed by atoms with Crippen LogP contribution >= 0.6 is 11.8 Å². The van der Waals surface area contributed by atoms with Crippen LogP contribution in [0.15, 0.2) is 22.1 Å². The Kier molecular flexibility index (Phi) is 3.61. The molecule has 1 saturated carbocycles. The molecule has 0 bridgehead atoms. The molecular weight excluding hydrogens is 252 g/mol. The molecule has 6 heteroatoms. The van der Waals surface area contributed by atoms with Crippen molar-refractivity contribution < 1.29 is 13.9 Å². The van der Waals surface area contributed by atoms with Crippen molar-refractivity contribution in [3.8, 4) is 0 Å². The van der Waals surface area contributed by atoms with E-state index >= 15 is 0 Å². The summed E-state index contributed by atoms with van der Waals surface area (Å²) in [6.45, 7) is 1.42. The summed E-state index contributed by atoms with van der Waals surface area (Å²) in [6.07, 6.45) is 6.18. The Labute approximate surface area is 111 Å². The summed E-state index contributed by atoms with van der Waals surface area (Å²) in [6, 6.07) is 0.445. The zero-order valence-electron chi connectivity index (χ0n) is 10.4. The van der Waals surface area contributed by atoms with Crippen molar-refractivity contribution in [2.45, 2.75) is 41.6 Å². The highest BCUT2D eigenvalue weighted by Crippen LogP contribution is 2.42. The third kappa shape index (κ3) is 2.42. The average molecular weight is 270 g/mol. The van der Waals surface area contributed by atoms with Gasteiger partial charge in [-0.15, -0.1) is 0 Å². The molecule has 2 atom stereocenters.